The summed E-state index contributed by atoms with van der Waals surface area (Å²) >= 11 is 1.79. The van der Waals surface area contributed by atoms with E-state index in [2.05, 4.69) is 34.7 Å². The molecule has 17 heavy (non-hydrogen) atoms. The van der Waals surface area contributed by atoms with E-state index in [1.807, 2.05) is 12.1 Å². The summed E-state index contributed by atoms with van der Waals surface area (Å²) in [6.45, 7) is 2.20. The molecule has 0 aliphatic heterocycles. The minimum absolute atomic E-state index is 0.363. The van der Waals surface area contributed by atoms with Crippen LogP contribution in [0.5, 0.6) is 0 Å². The van der Waals surface area contributed by atoms with E-state index in [1.165, 1.54) is 4.88 Å². The fourth-order valence-corrected chi connectivity index (χ4v) is 2.62. The molecule has 2 aromatic heterocycles. The summed E-state index contributed by atoms with van der Waals surface area (Å²) in [5.41, 5.74) is 6.71. The first-order valence-corrected chi connectivity index (χ1v) is 6.69. The molecule has 0 fully saturated rings. The first kappa shape index (κ1) is 11.9. The van der Waals surface area contributed by atoms with Gasteiger partial charge in [-0.05, 0) is 23.9 Å². The lowest BCUT2D eigenvalue weighted by Crippen LogP contribution is -2.09. The highest BCUT2D eigenvalue weighted by molar-refractivity contribution is 7.10. The van der Waals surface area contributed by atoms with Crippen molar-refractivity contribution >= 4 is 22.8 Å². The van der Waals surface area contributed by atoms with Crippen molar-refractivity contribution in [1.29, 1.82) is 0 Å². The molecule has 0 bridgehead atoms. The number of pyridine rings is 1. The Kier molecular flexibility index (Phi) is 3.98. The maximum atomic E-state index is 5.68. The minimum atomic E-state index is 0.363. The molecule has 90 valence electrons. The maximum Gasteiger partial charge on any atom is 0.125 e. The maximum absolute atomic E-state index is 5.68. The van der Waals surface area contributed by atoms with Crippen LogP contribution in [0.2, 0.25) is 0 Å². The third kappa shape index (κ3) is 3.20. The number of anilines is 2. The van der Waals surface area contributed by atoms with Gasteiger partial charge < -0.3 is 11.1 Å². The molecule has 0 saturated carbocycles. The van der Waals surface area contributed by atoms with Gasteiger partial charge >= 0.3 is 0 Å². The van der Waals surface area contributed by atoms with Crippen LogP contribution in [-0.2, 0) is 0 Å². The standard InChI is InChI=1S/C13H17N3S/c1-2-4-11(12-5-3-8-17-12)16-10-6-7-15-13(14)9-10/h3,5-9,11H,2,4H2,1H3,(H3,14,15,16). The summed E-state index contributed by atoms with van der Waals surface area (Å²) in [6, 6.07) is 8.44. The number of nitrogens with zero attached hydrogens (tertiary/aromatic N) is 1. The van der Waals surface area contributed by atoms with Gasteiger partial charge in [-0.15, -0.1) is 11.3 Å². The lowest BCUT2D eigenvalue weighted by molar-refractivity contribution is 0.687. The van der Waals surface area contributed by atoms with E-state index < -0.39 is 0 Å². The van der Waals surface area contributed by atoms with Crippen LogP contribution in [0, 0.1) is 0 Å². The Hall–Kier alpha value is -1.55. The Labute approximate surface area is 106 Å². The molecule has 2 aromatic rings. The molecular weight excluding hydrogens is 230 g/mol. The van der Waals surface area contributed by atoms with Gasteiger partial charge in [-0.25, -0.2) is 4.98 Å². The summed E-state index contributed by atoms with van der Waals surface area (Å²) in [5, 5.41) is 5.63. The molecular formula is C13H17N3S. The van der Waals surface area contributed by atoms with Crippen molar-refractivity contribution < 1.29 is 0 Å². The summed E-state index contributed by atoms with van der Waals surface area (Å²) in [4.78, 5) is 5.36. The molecule has 0 aliphatic carbocycles. The van der Waals surface area contributed by atoms with Crippen LogP contribution >= 0.6 is 11.3 Å². The Morgan fingerprint density at radius 2 is 2.35 bits per heavy atom. The number of thiophene rings is 1. The molecule has 0 spiro atoms. The quantitative estimate of drug-likeness (QED) is 0.847. The van der Waals surface area contributed by atoms with E-state index in [0.717, 1.165) is 18.5 Å². The fourth-order valence-electron chi connectivity index (χ4n) is 1.80. The fraction of sp³-hybridized carbons (Fsp3) is 0.308. The number of hydrogen-bond acceptors (Lipinski definition) is 4. The molecule has 3 nitrogen and oxygen atoms in total. The number of aromatic nitrogens is 1. The SMILES string of the molecule is CCCC(Nc1ccnc(N)c1)c1cccs1. The molecule has 1 atom stereocenters. The number of rotatable bonds is 5. The number of nitrogen functional groups attached to an aromatic ring is 1. The molecule has 3 N–H and O–H groups in total. The van der Waals surface area contributed by atoms with Gasteiger partial charge in [0.1, 0.15) is 5.82 Å². The second-order valence-corrected chi connectivity index (χ2v) is 4.95. The van der Waals surface area contributed by atoms with Crippen LogP contribution in [0.15, 0.2) is 35.8 Å². The Balaban J connectivity index is 2.13. The highest BCUT2D eigenvalue weighted by atomic mass is 32.1. The van der Waals surface area contributed by atoms with E-state index in [-0.39, 0.29) is 0 Å². The van der Waals surface area contributed by atoms with E-state index in [9.17, 15) is 0 Å². The second-order valence-electron chi connectivity index (χ2n) is 3.97. The monoisotopic (exact) mass is 247 g/mol. The molecule has 0 aliphatic rings. The van der Waals surface area contributed by atoms with Crippen LogP contribution in [-0.4, -0.2) is 4.98 Å². The third-order valence-corrected chi connectivity index (χ3v) is 3.57. The summed E-state index contributed by atoms with van der Waals surface area (Å²) < 4.78 is 0. The Morgan fingerprint density at radius 3 is 3.00 bits per heavy atom. The van der Waals surface area contributed by atoms with Gasteiger partial charge in [0, 0.05) is 22.8 Å². The van der Waals surface area contributed by atoms with Crippen molar-refractivity contribution in [2.24, 2.45) is 0 Å². The Morgan fingerprint density at radius 1 is 1.47 bits per heavy atom. The molecule has 1 unspecified atom stereocenters. The largest absolute Gasteiger partial charge is 0.384 e. The van der Waals surface area contributed by atoms with Crippen LogP contribution < -0.4 is 11.1 Å². The zero-order valence-corrected chi connectivity index (χ0v) is 10.7. The minimum Gasteiger partial charge on any atom is -0.384 e. The third-order valence-electron chi connectivity index (χ3n) is 2.59. The Bertz CT molecular complexity index is 453. The average Bonchev–Trinajstić information content (AvgIpc) is 2.82. The molecule has 0 saturated heterocycles. The van der Waals surface area contributed by atoms with E-state index >= 15 is 0 Å². The molecule has 0 aromatic carbocycles. The summed E-state index contributed by atoms with van der Waals surface area (Å²) in [7, 11) is 0. The van der Waals surface area contributed by atoms with Gasteiger partial charge in [-0.2, -0.15) is 0 Å². The molecule has 0 amide bonds. The summed E-state index contributed by atoms with van der Waals surface area (Å²) in [6.07, 6.45) is 3.99. The van der Waals surface area contributed by atoms with Crippen molar-refractivity contribution in [2.45, 2.75) is 25.8 Å². The predicted molar refractivity (Wildman–Crippen MR) is 74.2 cm³/mol. The van der Waals surface area contributed by atoms with Crippen LogP contribution in [0.25, 0.3) is 0 Å². The lowest BCUT2D eigenvalue weighted by Gasteiger charge is -2.18. The second kappa shape index (κ2) is 5.68. The smallest absolute Gasteiger partial charge is 0.125 e. The van der Waals surface area contributed by atoms with Gasteiger partial charge in [0.05, 0.1) is 6.04 Å². The van der Waals surface area contributed by atoms with Gasteiger partial charge in [0.2, 0.25) is 0 Å². The number of nitrogens with one attached hydrogen (secondary N) is 1. The van der Waals surface area contributed by atoms with Gasteiger partial charge in [0.15, 0.2) is 0 Å². The highest BCUT2D eigenvalue weighted by Crippen LogP contribution is 2.27. The van der Waals surface area contributed by atoms with Crippen molar-refractivity contribution in [3.05, 3.63) is 40.7 Å². The van der Waals surface area contributed by atoms with E-state index in [1.54, 1.807) is 17.5 Å². The molecule has 4 heteroatoms. The predicted octanol–water partition coefficient (Wildman–Crippen LogP) is 3.68. The molecule has 2 heterocycles. The molecule has 0 radical (unpaired) electrons. The van der Waals surface area contributed by atoms with Crippen LogP contribution in [0.3, 0.4) is 0 Å². The first-order valence-electron chi connectivity index (χ1n) is 5.81. The van der Waals surface area contributed by atoms with Crippen molar-refractivity contribution in [3.8, 4) is 0 Å². The van der Waals surface area contributed by atoms with Gasteiger partial charge in [-0.1, -0.05) is 19.4 Å². The first-order chi connectivity index (χ1) is 8.29. The lowest BCUT2D eigenvalue weighted by atomic mass is 10.1. The highest BCUT2D eigenvalue weighted by Gasteiger charge is 2.11. The molecule has 2 rings (SSSR count). The summed E-state index contributed by atoms with van der Waals surface area (Å²) in [5.74, 6) is 0.552. The van der Waals surface area contributed by atoms with E-state index in [4.69, 9.17) is 5.73 Å². The van der Waals surface area contributed by atoms with Crippen molar-refractivity contribution in [2.75, 3.05) is 11.1 Å². The zero-order chi connectivity index (χ0) is 12.1. The van der Waals surface area contributed by atoms with Crippen LogP contribution in [0.4, 0.5) is 11.5 Å². The van der Waals surface area contributed by atoms with E-state index in [0.29, 0.717) is 11.9 Å². The van der Waals surface area contributed by atoms with Gasteiger partial charge in [-0.3, -0.25) is 0 Å². The van der Waals surface area contributed by atoms with Crippen molar-refractivity contribution in [1.82, 2.24) is 4.98 Å². The zero-order valence-electron chi connectivity index (χ0n) is 9.89. The topological polar surface area (TPSA) is 50.9 Å². The average molecular weight is 247 g/mol. The normalized spacial score (nSPS) is 12.3. The van der Waals surface area contributed by atoms with Gasteiger partial charge in [0.25, 0.3) is 0 Å². The van der Waals surface area contributed by atoms with Crippen LogP contribution in [0.1, 0.15) is 30.7 Å². The van der Waals surface area contributed by atoms with Crippen molar-refractivity contribution in [3.63, 3.8) is 0 Å². The number of hydrogen-bond donors (Lipinski definition) is 2. The number of nitrogens with two attached hydrogens (primary N) is 1.